The molecule has 0 radical (unpaired) electrons. The van der Waals surface area contributed by atoms with Crippen LogP contribution in [0, 0.1) is 11.8 Å². The summed E-state index contributed by atoms with van der Waals surface area (Å²) in [7, 11) is 0. The quantitative estimate of drug-likeness (QED) is 0.781. The van der Waals surface area contributed by atoms with Crippen molar-refractivity contribution < 1.29 is 0 Å². The van der Waals surface area contributed by atoms with Crippen molar-refractivity contribution in [2.24, 2.45) is 17.6 Å². The topological polar surface area (TPSA) is 29.3 Å². The van der Waals surface area contributed by atoms with Gasteiger partial charge in [0.1, 0.15) is 0 Å². The molecule has 96 valence electrons. The maximum atomic E-state index is 6.06. The molecule has 1 fully saturated rings. The van der Waals surface area contributed by atoms with Crippen LogP contribution in [-0.4, -0.2) is 30.1 Å². The van der Waals surface area contributed by atoms with Gasteiger partial charge in [-0.05, 0) is 44.9 Å². The summed E-state index contributed by atoms with van der Waals surface area (Å²) in [6.07, 6.45) is 5.19. The second kappa shape index (κ2) is 6.61. The lowest BCUT2D eigenvalue weighted by Gasteiger charge is -2.35. The molecule has 2 atom stereocenters. The first-order chi connectivity index (χ1) is 7.49. The van der Waals surface area contributed by atoms with Crippen molar-refractivity contribution in [3.63, 3.8) is 0 Å². The predicted molar refractivity (Wildman–Crippen MR) is 71.5 cm³/mol. The van der Waals surface area contributed by atoms with Crippen LogP contribution in [0.15, 0.2) is 0 Å². The first-order valence-corrected chi connectivity index (χ1v) is 6.98. The van der Waals surface area contributed by atoms with Gasteiger partial charge in [0.2, 0.25) is 0 Å². The Morgan fingerprint density at radius 1 is 1.19 bits per heavy atom. The molecule has 1 aliphatic rings. The summed E-state index contributed by atoms with van der Waals surface area (Å²) < 4.78 is 0. The highest BCUT2D eigenvalue weighted by molar-refractivity contribution is 4.78. The Morgan fingerprint density at radius 2 is 1.88 bits per heavy atom. The summed E-state index contributed by atoms with van der Waals surface area (Å²) in [6.45, 7) is 11.7. The second-order valence-corrected chi connectivity index (χ2v) is 6.23. The van der Waals surface area contributed by atoms with Gasteiger partial charge in [-0.1, -0.05) is 20.3 Å². The number of rotatable bonds is 5. The van der Waals surface area contributed by atoms with Crippen LogP contribution in [0.5, 0.6) is 0 Å². The average molecular weight is 226 g/mol. The van der Waals surface area contributed by atoms with Crippen LogP contribution in [0.3, 0.4) is 0 Å². The van der Waals surface area contributed by atoms with Gasteiger partial charge < -0.3 is 10.6 Å². The monoisotopic (exact) mass is 226 g/mol. The molecule has 2 nitrogen and oxygen atoms in total. The smallest absolute Gasteiger partial charge is 0.00419 e. The van der Waals surface area contributed by atoms with E-state index in [4.69, 9.17) is 5.73 Å². The first kappa shape index (κ1) is 14.0. The molecule has 0 bridgehead atoms. The third-order valence-electron chi connectivity index (χ3n) is 3.65. The van der Waals surface area contributed by atoms with Crippen LogP contribution in [0.4, 0.5) is 0 Å². The molecule has 2 heteroatoms. The SMILES string of the molecule is CC(C)CN(CC1CCCC(N)C1)C(C)C. The van der Waals surface area contributed by atoms with Crippen LogP contribution >= 0.6 is 0 Å². The van der Waals surface area contributed by atoms with Crippen LogP contribution in [-0.2, 0) is 0 Å². The number of hydrogen-bond acceptors (Lipinski definition) is 2. The number of nitrogens with zero attached hydrogens (tertiary/aromatic N) is 1. The van der Waals surface area contributed by atoms with E-state index in [2.05, 4.69) is 32.6 Å². The number of hydrogen-bond donors (Lipinski definition) is 1. The van der Waals surface area contributed by atoms with Crippen LogP contribution in [0.2, 0.25) is 0 Å². The third kappa shape index (κ3) is 4.84. The summed E-state index contributed by atoms with van der Waals surface area (Å²) in [6, 6.07) is 1.13. The Balaban J connectivity index is 2.41. The van der Waals surface area contributed by atoms with Crippen LogP contribution in [0.1, 0.15) is 53.4 Å². The summed E-state index contributed by atoms with van der Waals surface area (Å²) in [4.78, 5) is 2.63. The van der Waals surface area contributed by atoms with Crippen molar-refractivity contribution in [3.05, 3.63) is 0 Å². The summed E-state index contributed by atoms with van der Waals surface area (Å²) >= 11 is 0. The van der Waals surface area contributed by atoms with E-state index >= 15 is 0 Å². The van der Waals surface area contributed by atoms with E-state index in [1.165, 1.54) is 38.8 Å². The molecule has 0 aromatic heterocycles. The van der Waals surface area contributed by atoms with E-state index in [9.17, 15) is 0 Å². The van der Waals surface area contributed by atoms with Crippen molar-refractivity contribution in [1.29, 1.82) is 0 Å². The molecule has 0 saturated heterocycles. The normalized spacial score (nSPS) is 27.0. The predicted octanol–water partition coefficient (Wildman–Crippen LogP) is 2.87. The molecule has 2 N–H and O–H groups in total. The molecule has 0 aromatic carbocycles. The zero-order valence-electron chi connectivity index (χ0n) is 11.6. The van der Waals surface area contributed by atoms with Crippen molar-refractivity contribution >= 4 is 0 Å². The van der Waals surface area contributed by atoms with E-state index in [-0.39, 0.29) is 0 Å². The van der Waals surface area contributed by atoms with E-state index in [1.54, 1.807) is 0 Å². The molecule has 0 heterocycles. The van der Waals surface area contributed by atoms with Gasteiger partial charge in [0.05, 0.1) is 0 Å². The molecular formula is C14H30N2. The fraction of sp³-hybridized carbons (Fsp3) is 1.00. The molecule has 2 unspecified atom stereocenters. The highest BCUT2D eigenvalue weighted by atomic mass is 15.1. The molecule has 0 amide bonds. The zero-order valence-corrected chi connectivity index (χ0v) is 11.6. The zero-order chi connectivity index (χ0) is 12.1. The summed E-state index contributed by atoms with van der Waals surface area (Å²) in [5.41, 5.74) is 6.06. The Kier molecular flexibility index (Phi) is 5.77. The summed E-state index contributed by atoms with van der Waals surface area (Å²) in [5.74, 6) is 1.60. The van der Waals surface area contributed by atoms with E-state index in [1.807, 2.05) is 0 Å². The fourth-order valence-corrected chi connectivity index (χ4v) is 2.80. The third-order valence-corrected chi connectivity index (χ3v) is 3.65. The molecule has 1 rings (SSSR count). The number of nitrogens with two attached hydrogens (primary N) is 1. The van der Waals surface area contributed by atoms with Gasteiger partial charge in [-0.25, -0.2) is 0 Å². The Labute approximate surface area is 102 Å². The van der Waals surface area contributed by atoms with Crippen LogP contribution < -0.4 is 5.73 Å². The lowest BCUT2D eigenvalue weighted by atomic mass is 9.85. The Hall–Kier alpha value is -0.0800. The van der Waals surface area contributed by atoms with Gasteiger partial charge in [0, 0.05) is 25.2 Å². The molecular weight excluding hydrogens is 196 g/mol. The molecule has 1 aliphatic carbocycles. The van der Waals surface area contributed by atoms with E-state index in [0.717, 1.165) is 11.8 Å². The highest BCUT2D eigenvalue weighted by Gasteiger charge is 2.22. The minimum atomic E-state index is 0.465. The van der Waals surface area contributed by atoms with Gasteiger partial charge in [0.25, 0.3) is 0 Å². The highest BCUT2D eigenvalue weighted by Crippen LogP contribution is 2.24. The van der Waals surface area contributed by atoms with Crippen molar-refractivity contribution in [3.8, 4) is 0 Å². The molecule has 0 spiro atoms. The standard InChI is InChI=1S/C14H30N2/c1-11(2)9-16(12(3)4)10-13-6-5-7-14(15)8-13/h11-14H,5-10,15H2,1-4H3. The molecule has 0 aromatic rings. The summed E-state index contributed by atoms with van der Waals surface area (Å²) in [5, 5.41) is 0. The van der Waals surface area contributed by atoms with Crippen molar-refractivity contribution in [1.82, 2.24) is 4.90 Å². The van der Waals surface area contributed by atoms with Crippen LogP contribution in [0.25, 0.3) is 0 Å². The first-order valence-electron chi connectivity index (χ1n) is 6.98. The van der Waals surface area contributed by atoms with Gasteiger partial charge in [0.15, 0.2) is 0 Å². The molecule has 0 aliphatic heterocycles. The Morgan fingerprint density at radius 3 is 2.38 bits per heavy atom. The van der Waals surface area contributed by atoms with E-state index < -0.39 is 0 Å². The van der Waals surface area contributed by atoms with Gasteiger partial charge in [-0.3, -0.25) is 0 Å². The van der Waals surface area contributed by atoms with E-state index in [0.29, 0.717) is 12.1 Å². The fourth-order valence-electron chi connectivity index (χ4n) is 2.80. The lowest BCUT2D eigenvalue weighted by molar-refractivity contribution is 0.145. The Bertz CT molecular complexity index is 189. The van der Waals surface area contributed by atoms with Crippen molar-refractivity contribution in [2.75, 3.05) is 13.1 Å². The van der Waals surface area contributed by atoms with Gasteiger partial charge >= 0.3 is 0 Å². The maximum Gasteiger partial charge on any atom is 0.00419 e. The average Bonchev–Trinajstić information content (AvgIpc) is 2.15. The molecule has 16 heavy (non-hydrogen) atoms. The largest absolute Gasteiger partial charge is 0.328 e. The lowest BCUT2D eigenvalue weighted by Crippen LogP contribution is -2.40. The maximum absolute atomic E-state index is 6.06. The molecule has 1 saturated carbocycles. The van der Waals surface area contributed by atoms with Gasteiger partial charge in [-0.15, -0.1) is 0 Å². The minimum absolute atomic E-state index is 0.465. The van der Waals surface area contributed by atoms with Gasteiger partial charge in [-0.2, -0.15) is 0 Å². The minimum Gasteiger partial charge on any atom is -0.328 e. The van der Waals surface area contributed by atoms with Crippen molar-refractivity contribution in [2.45, 2.75) is 65.5 Å². The second-order valence-electron chi connectivity index (χ2n) is 6.23.